The van der Waals surface area contributed by atoms with E-state index in [4.69, 9.17) is 10.6 Å². The molecule has 92 valence electrons. The first-order chi connectivity index (χ1) is 8.35. The molecule has 0 saturated heterocycles. The third-order valence-corrected chi connectivity index (χ3v) is 3.41. The van der Waals surface area contributed by atoms with Crippen LogP contribution in [-0.2, 0) is 4.74 Å². The van der Waals surface area contributed by atoms with Crippen LogP contribution in [0.4, 0.5) is 0 Å². The molecule has 0 aliphatic carbocycles. The van der Waals surface area contributed by atoms with Crippen molar-refractivity contribution in [2.75, 3.05) is 13.2 Å². The van der Waals surface area contributed by atoms with Crippen molar-refractivity contribution >= 4 is 21.6 Å². The van der Waals surface area contributed by atoms with Crippen molar-refractivity contribution in [3.8, 4) is 0 Å². The molecule has 0 amide bonds. The highest BCUT2D eigenvalue weighted by Crippen LogP contribution is 2.22. The summed E-state index contributed by atoms with van der Waals surface area (Å²) in [6.07, 6.45) is 2.87. The van der Waals surface area contributed by atoms with Crippen molar-refractivity contribution in [3.63, 3.8) is 0 Å². The minimum absolute atomic E-state index is 0.000509. The molecule has 0 aliphatic rings. The second-order valence-corrected chi connectivity index (χ2v) is 4.81. The number of rotatable bonds is 6. The Morgan fingerprint density at radius 2 is 2.47 bits per heavy atom. The van der Waals surface area contributed by atoms with Gasteiger partial charge in [-0.1, -0.05) is 6.92 Å². The molecule has 0 aliphatic heterocycles. The summed E-state index contributed by atoms with van der Waals surface area (Å²) in [7, 11) is 0. The van der Waals surface area contributed by atoms with E-state index in [-0.39, 0.29) is 6.04 Å². The molecule has 4 nitrogen and oxygen atoms in total. The molecule has 0 saturated carbocycles. The molecule has 0 radical (unpaired) electrons. The molecule has 0 fully saturated rings. The molecule has 1 unspecified atom stereocenters. The largest absolute Gasteiger partial charge is 0.379 e. The number of pyridine rings is 1. The molecule has 2 aromatic heterocycles. The van der Waals surface area contributed by atoms with E-state index in [1.807, 2.05) is 17.6 Å². The van der Waals surface area contributed by atoms with Crippen LogP contribution < -0.4 is 11.3 Å². The fraction of sp³-hybridized carbons (Fsp3) is 0.417. The number of hydrazine groups is 1. The van der Waals surface area contributed by atoms with Gasteiger partial charge in [-0.3, -0.25) is 16.3 Å². The zero-order valence-corrected chi connectivity index (χ0v) is 10.7. The van der Waals surface area contributed by atoms with Crippen LogP contribution in [0.3, 0.4) is 0 Å². The third kappa shape index (κ3) is 3.01. The summed E-state index contributed by atoms with van der Waals surface area (Å²) in [5.41, 5.74) is 4.87. The first kappa shape index (κ1) is 12.4. The number of aromatic nitrogens is 1. The average molecular weight is 251 g/mol. The number of ether oxygens (including phenoxy) is 1. The summed E-state index contributed by atoms with van der Waals surface area (Å²) >= 11 is 1.69. The normalized spacial score (nSPS) is 13.1. The smallest absolute Gasteiger partial charge is 0.0809 e. The van der Waals surface area contributed by atoms with Crippen LogP contribution in [0.25, 0.3) is 10.2 Å². The molecule has 0 bridgehead atoms. The maximum absolute atomic E-state index is 5.55. The summed E-state index contributed by atoms with van der Waals surface area (Å²) in [4.78, 5) is 4.40. The fourth-order valence-corrected chi connectivity index (χ4v) is 2.43. The molecule has 3 N–H and O–H groups in total. The minimum Gasteiger partial charge on any atom is -0.379 e. The maximum atomic E-state index is 5.55. The zero-order chi connectivity index (χ0) is 12.1. The fourth-order valence-electron chi connectivity index (χ4n) is 1.64. The molecule has 17 heavy (non-hydrogen) atoms. The number of hydrogen-bond donors (Lipinski definition) is 2. The van der Waals surface area contributed by atoms with Gasteiger partial charge in [-0.2, -0.15) is 0 Å². The lowest BCUT2D eigenvalue weighted by Gasteiger charge is -2.16. The second-order valence-electron chi connectivity index (χ2n) is 3.87. The quantitative estimate of drug-likeness (QED) is 0.469. The first-order valence-electron chi connectivity index (χ1n) is 5.72. The van der Waals surface area contributed by atoms with E-state index in [2.05, 4.69) is 23.4 Å². The Labute approximate surface area is 105 Å². The van der Waals surface area contributed by atoms with Crippen molar-refractivity contribution in [1.82, 2.24) is 10.4 Å². The maximum Gasteiger partial charge on any atom is 0.0809 e. The van der Waals surface area contributed by atoms with Gasteiger partial charge >= 0.3 is 0 Å². The van der Waals surface area contributed by atoms with Gasteiger partial charge in [0.05, 0.1) is 22.9 Å². The number of hydrogen-bond acceptors (Lipinski definition) is 5. The van der Waals surface area contributed by atoms with Crippen LogP contribution in [0, 0.1) is 0 Å². The monoisotopic (exact) mass is 251 g/mol. The van der Waals surface area contributed by atoms with Crippen molar-refractivity contribution in [2.45, 2.75) is 19.4 Å². The lowest BCUT2D eigenvalue weighted by atomic mass is 10.1. The summed E-state index contributed by atoms with van der Waals surface area (Å²) in [6, 6.07) is 4.13. The SMILES string of the molecule is CCCOCC(NN)c1cnc2ccsc2c1. The van der Waals surface area contributed by atoms with Gasteiger partial charge in [-0.15, -0.1) is 11.3 Å². The predicted molar refractivity (Wildman–Crippen MR) is 70.8 cm³/mol. The summed E-state index contributed by atoms with van der Waals surface area (Å²) < 4.78 is 6.70. The topological polar surface area (TPSA) is 60.2 Å². The highest BCUT2D eigenvalue weighted by atomic mass is 32.1. The Morgan fingerprint density at radius 1 is 1.59 bits per heavy atom. The van der Waals surface area contributed by atoms with Crippen LogP contribution >= 0.6 is 11.3 Å². The van der Waals surface area contributed by atoms with E-state index in [1.165, 1.54) is 4.70 Å². The molecule has 2 aromatic rings. The number of nitrogens with one attached hydrogen (secondary N) is 1. The van der Waals surface area contributed by atoms with Gasteiger partial charge in [0.1, 0.15) is 0 Å². The van der Waals surface area contributed by atoms with Gasteiger partial charge in [-0.05, 0) is 29.5 Å². The molecule has 1 atom stereocenters. The van der Waals surface area contributed by atoms with Crippen molar-refractivity contribution in [2.24, 2.45) is 5.84 Å². The van der Waals surface area contributed by atoms with Crippen LogP contribution in [0.5, 0.6) is 0 Å². The Kier molecular flexibility index (Phi) is 4.44. The zero-order valence-electron chi connectivity index (χ0n) is 9.85. The number of thiophene rings is 1. The summed E-state index contributed by atoms with van der Waals surface area (Å²) in [5, 5.41) is 2.04. The van der Waals surface area contributed by atoms with Crippen molar-refractivity contribution in [3.05, 3.63) is 29.3 Å². The molecular weight excluding hydrogens is 234 g/mol. The Hall–Kier alpha value is -1.01. The average Bonchev–Trinajstić information content (AvgIpc) is 2.82. The standard InChI is InChI=1S/C12H17N3OS/c1-2-4-16-8-11(15-13)9-6-12-10(14-7-9)3-5-17-12/h3,5-7,11,15H,2,4,8,13H2,1H3. The van der Waals surface area contributed by atoms with Gasteiger partial charge in [0.2, 0.25) is 0 Å². The minimum atomic E-state index is 0.000509. The lowest BCUT2D eigenvalue weighted by molar-refractivity contribution is 0.112. The third-order valence-electron chi connectivity index (χ3n) is 2.56. The van der Waals surface area contributed by atoms with E-state index < -0.39 is 0 Å². The highest BCUT2D eigenvalue weighted by Gasteiger charge is 2.11. The molecule has 0 aromatic carbocycles. The van der Waals surface area contributed by atoms with E-state index in [0.717, 1.165) is 24.1 Å². The molecule has 5 heteroatoms. The molecule has 2 heterocycles. The van der Waals surface area contributed by atoms with E-state index in [1.54, 1.807) is 11.3 Å². The predicted octanol–water partition coefficient (Wildman–Crippen LogP) is 2.23. The Balaban J connectivity index is 2.11. The highest BCUT2D eigenvalue weighted by molar-refractivity contribution is 7.17. The van der Waals surface area contributed by atoms with E-state index >= 15 is 0 Å². The van der Waals surface area contributed by atoms with Gasteiger partial charge in [0.15, 0.2) is 0 Å². The summed E-state index contributed by atoms with van der Waals surface area (Å²) in [5.74, 6) is 5.55. The number of nitrogens with zero attached hydrogens (tertiary/aromatic N) is 1. The number of nitrogens with two attached hydrogens (primary N) is 1. The van der Waals surface area contributed by atoms with E-state index in [9.17, 15) is 0 Å². The van der Waals surface area contributed by atoms with Crippen LogP contribution in [0.15, 0.2) is 23.7 Å². The van der Waals surface area contributed by atoms with Crippen molar-refractivity contribution in [1.29, 1.82) is 0 Å². The number of fused-ring (bicyclic) bond motifs is 1. The van der Waals surface area contributed by atoms with Gasteiger partial charge in [-0.25, -0.2) is 0 Å². The Bertz CT molecular complexity index is 471. The first-order valence-corrected chi connectivity index (χ1v) is 6.60. The van der Waals surface area contributed by atoms with Gasteiger partial charge in [0, 0.05) is 12.8 Å². The Morgan fingerprint density at radius 3 is 3.24 bits per heavy atom. The van der Waals surface area contributed by atoms with Crippen LogP contribution in [0.2, 0.25) is 0 Å². The van der Waals surface area contributed by atoms with Gasteiger partial charge < -0.3 is 4.74 Å². The van der Waals surface area contributed by atoms with Gasteiger partial charge in [0.25, 0.3) is 0 Å². The van der Waals surface area contributed by atoms with Crippen LogP contribution in [0.1, 0.15) is 24.9 Å². The van der Waals surface area contributed by atoms with Crippen molar-refractivity contribution < 1.29 is 4.74 Å². The molecule has 2 rings (SSSR count). The lowest BCUT2D eigenvalue weighted by Crippen LogP contribution is -2.31. The molecular formula is C12H17N3OS. The second kappa shape index (κ2) is 6.07. The summed E-state index contributed by atoms with van der Waals surface area (Å²) in [6.45, 7) is 3.42. The molecule has 0 spiro atoms. The van der Waals surface area contributed by atoms with E-state index in [0.29, 0.717) is 6.61 Å². The van der Waals surface area contributed by atoms with Crippen LogP contribution in [-0.4, -0.2) is 18.2 Å².